The fourth-order valence-corrected chi connectivity index (χ4v) is 1.25. The molecule has 0 aliphatic carbocycles. The fourth-order valence-electron chi connectivity index (χ4n) is 1.25. The Balaban J connectivity index is 2.48. The van der Waals surface area contributed by atoms with Crippen molar-refractivity contribution in [3.63, 3.8) is 0 Å². The van der Waals surface area contributed by atoms with E-state index in [-0.39, 0.29) is 12.5 Å². The molecule has 16 heavy (non-hydrogen) atoms. The molecule has 0 aliphatic heterocycles. The first kappa shape index (κ1) is 12.5. The van der Waals surface area contributed by atoms with Crippen LogP contribution in [0, 0.1) is 0 Å². The summed E-state index contributed by atoms with van der Waals surface area (Å²) in [6.45, 7) is 1.73. The number of amides is 1. The minimum Gasteiger partial charge on any atom is -0.348 e. The Labute approximate surface area is 91.5 Å². The van der Waals surface area contributed by atoms with Crippen LogP contribution in [0.25, 0.3) is 0 Å². The van der Waals surface area contributed by atoms with Crippen LogP contribution in [0.15, 0.2) is 30.3 Å². The minimum atomic E-state index is -4.81. The van der Waals surface area contributed by atoms with Gasteiger partial charge in [-0.1, -0.05) is 37.3 Å². The molecule has 5 heteroatoms. The van der Waals surface area contributed by atoms with E-state index in [2.05, 4.69) is 0 Å². The van der Waals surface area contributed by atoms with Crippen LogP contribution in [0.3, 0.4) is 0 Å². The Morgan fingerprint density at radius 1 is 1.31 bits per heavy atom. The molecule has 0 spiro atoms. The minimum absolute atomic E-state index is 0.0254. The highest BCUT2D eigenvalue weighted by molar-refractivity contribution is 5.81. The fraction of sp³-hybridized carbons (Fsp3) is 0.364. The quantitative estimate of drug-likeness (QED) is 0.850. The molecule has 2 nitrogen and oxygen atoms in total. The maximum Gasteiger partial charge on any atom is 0.471 e. The van der Waals surface area contributed by atoms with Crippen molar-refractivity contribution >= 4 is 5.91 Å². The lowest BCUT2D eigenvalue weighted by Crippen LogP contribution is -2.38. The zero-order valence-corrected chi connectivity index (χ0v) is 8.71. The number of carbonyl (C=O) groups excluding carboxylic acids is 1. The molecule has 0 unspecified atom stereocenters. The third kappa shape index (κ3) is 3.56. The molecule has 1 aromatic carbocycles. The summed E-state index contributed by atoms with van der Waals surface area (Å²) in [6.07, 6.45) is -4.81. The number of hydrogen-bond acceptors (Lipinski definition) is 1. The number of benzene rings is 1. The van der Waals surface area contributed by atoms with Gasteiger partial charge in [-0.2, -0.15) is 13.2 Å². The lowest BCUT2D eigenvalue weighted by Gasteiger charge is -2.13. The monoisotopic (exact) mass is 231 g/mol. The zero-order valence-electron chi connectivity index (χ0n) is 8.71. The summed E-state index contributed by atoms with van der Waals surface area (Å²) in [4.78, 5) is 10.6. The molecule has 1 rings (SSSR count). The lowest BCUT2D eigenvalue weighted by molar-refractivity contribution is -0.173. The zero-order chi connectivity index (χ0) is 12.2. The van der Waals surface area contributed by atoms with E-state index < -0.39 is 12.1 Å². The van der Waals surface area contributed by atoms with Crippen LogP contribution in [-0.2, 0) is 4.79 Å². The summed E-state index contributed by atoms with van der Waals surface area (Å²) in [5.74, 6) is -2.04. The van der Waals surface area contributed by atoms with Crippen molar-refractivity contribution in [1.82, 2.24) is 5.32 Å². The number of nitrogens with one attached hydrogen (secondary N) is 1. The first-order chi connectivity index (χ1) is 7.41. The van der Waals surface area contributed by atoms with E-state index in [9.17, 15) is 18.0 Å². The van der Waals surface area contributed by atoms with Crippen molar-refractivity contribution in [2.75, 3.05) is 6.54 Å². The number of rotatable bonds is 3. The highest BCUT2D eigenvalue weighted by Crippen LogP contribution is 2.16. The summed E-state index contributed by atoms with van der Waals surface area (Å²) in [6, 6.07) is 9.05. The molecular weight excluding hydrogens is 219 g/mol. The molecule has 88 valence electrons. The molecule has 0 saturated heterocycles. The Morgan fingerprint density at radius 2 is 1.88 bits per heavy atom. The molecule has 0 heterocycles. The van der Waals surface area contributed by atoms with Gasteiger partial charge < -0.3 is 5.32 Å². The van der Waals surface area contributed by atoms with Gasteiger partial charge in [0.05, 0.1) is 0 Å². The van der Waals surface area contributed by atoms with Gasteiger partial charge in [-0.3, -0.25) is 4.79 Å². The van der Waals surface area contributed by atoms with Crippen molar-refractivity contribution in [1.29, 1.82) is 0 Å². The third-order valence-corrected chi connectivity index (χ3v) is 2.19. The number of hydrogen-bond donors (Lipinski definition) is 1. The number of alkyl halides is 3. The van der Waals surface area contributed by atoms with Crippen LogP contribution < -0.4 is 5.32 Å². The summed E-state index contributed by atoms with van der Waals surface area (Å²) < 4.78 is 35.7. The van der Waals surface area contributed by atoms with Crippen LogP contribution in [0.5, 0.6) is 0 Å². The van der Waals surface area contributed by atoms with Crippen molar-refractivity contribution in [3.05, 3.63) is 35.9 Å². The Bertz CT molecular complexity index is 348. The molecule has 0 aliphatic rings. The van der Waals surface area contributed by atoms with Gasteiger partial charge in [0.15, 0.2) is 0 Å². The molecule has 0 radical (unpaired) electrons. The smallest absolute Gasteiger partial charge is 0.348 e. The van der Waals surface area contributed by atoms with E-state index in [1.807, 2.05) is 23.5 Å². The second-order valence-electron chi connectivity index (χ2n) is 3.52. The summed E-state index contributed by atoms with van der Waals surface area (Å²) in [5, 5.41) is 1.86. The average molecular weight is 231 g/mol. The summed E-state index contributed by atoms with van der Waals surface area (Å²) in [5.41, 5.74) is 0.893. The Morgan fingerprint density at radius 3 is 2.38 bits per heavy atom. The molecule has 0 bridgehead atoms. The van der Waals surface area contributed by atoms with Crippen LogP contribution in [0.1, 0.15) is 18.4 Å². The van der Waals surface area contributed by atoms with Crippen molar-refractivity contribution in [3.8, 4) is 0 Å². The molecule has 1 N–H and O–H groups in total. The average Bonchev–Trinajstić information content (AvgIpc) is 2.25. The predicted octanol–water partition coefficient (Wildman–Crippen LogP) is 2.47. The molecule has 0 fully saturated rings. The molecule has 0 aromatic heterocycles. The molecule has 0 saturated carbocycles. The van der Waals surface area contributed by atoms with E-state index >= 15 is 0 Å². The first-order valence-electron chi connectivity index (χ1n) is 4.81. The largest absolute Gasteiger partial charge is 0.471 e. The summed E-state index contributed by atoms with van der Waals surface area (Å²) in [7, 11) is 0. The standard InChI is InChI=1S/C11H12F3NO/c1-8(9-5-3-2-4-6-9)7-15-10(16)11(12,13)14/h2-6,8H,7H2,1H3,(H,15,16)/t8-/m0/s1. The van der Waals surface area contributed by atoms with E-state index in [1.54, 1.807) is 19.1 Å². The Hall–Kier alpha value is -1.52. The molecular formula is C11H12F3NO. The molecule has 1 aromatic rings. The van der Waals surface area contributed by atoms with Crippen molar-refractivity contribution in [2.45, 2.75) is 19.0 Å². The van der Waals surface area contributed by atoms with Gasteiger partial charge in [0, 0.05) is 6.54 Å². The highest BCUT2D eigenvalue weighted by atomic mass is 19.4. The van der Waals surface area contributed by atoms with Crippen LogP contribution in [0.4, 0.5) is 13.2 Å². The summed E-state index contributed by atoms with van der Waals surface area (Å²) >= 11 is 0. The van der Waals surface area contributed by atoms with Gasteiger partial charge in [-0.05, 0) is 11.5 Å². The van der Waals surface area contributed by atoms with Crippen molar-refractivity contribution < 1.29 is 18.0 Å². The maximum atomic E-state index is 11.9. The Kier molecular flexibility index (Phi) is 3.93. The normalized spacial score (nSPS) is 13.2. The van der Waals surface area contributed by atoms with E-state index in [4.69, 9.17) is 0 Å². The van der Waals surface area contributed by atoms with Gasteiger partial charge in [0.2, 0.25) is 0 Å². The number of halogens is 3. The van der Waals surface area contributed by atoms with Gasteiger partial charge >= 0.3 is 12.1 Å². The maximum absolute atomic E-state index is 11.9. The van der Waals surface area contributed by atoms with Crippen LogP contribution in [0.2, 0.25) is 0 Å². The molecule has 1 atom stereocenters. The second-order valence-corrected chi connectivity index (χ2v) is 3.52. The van der Waals surface area contributed by atoms with Crippen molar-refractivity contribution in [2.24, 2.45) is 0 Å². The van der Waals surface area contributed by atoms with Gasteiger partial charge in [-0.25, -0.2) is 0 Å². The highest BCUT2D eigenvalue weighted by Gasteiger charge is 2.38. The third-order valence-electron chi connectivity index (χ3n) is 2.19. The van der Waals surface area contributed by atoms with Gasteiger partial charge in [0.1, 0.15) is 0 Å². The van der Waals surface area contributed by atoms with Crippen LogP contribution >= 0.6 is 0 Å². The predicted molar refractivity (Wildman–Crippen MR) is 53.9 cm³/mol. The SMILES string of the molecule is C[C@@H](CNC(=O)C(F)(F)F)c1ccccc1. The topological polar surface area (TPSA) is 29.1 Å². The lowest BCUT2D eigenvalue weighted by atomic mass is 10.0. The second kappa shape index (κ2) is 5.01. The van der Waals surface area contributed by atoms with Gasteiger partial charge in [-0.15, -0.1) is 0 Å². The van der Waals surface area contributed by atoms with Crippen LogP contribution in [-0.4, -0.2) is 18.6 Å². The first-order valence-corrected chi connectivity index (χ1v) is 4.81. The van der Waals surface area contributed by atoms with E-state index in [1.165, 1.54) is 0 Å². The van der Waals surface area contributed by atoms with E-state index in [0.29, 0.717) is 0 Å². The number of carbonyl (C=O) groups is 1. The molecule has 1 amide bonds. The van der Waals surface area contributed by atoms with E-state index in [0.717, 1.165) is 5.56 Å². The van der Waals surface area contributed by atoms with Gasteiger partial charge in [0.25, 0.3) is 0 Å².